The lowest BCUT2D eigenvalue weighted by atomic mass is 10.1. The van der Waals surface area contributed by atoms with Crippen molar-refractivity contribution in [2.75, 3.05) is 0 Å². The number of hydrogen-bond donors (Lipinski definition) is 0. The summed E-state index contributed by atoms with van der Waals surface area (Å²) in [6.45, 7) is 2.07. The summed E-state index contributed by atoms with van der Waals surface area (Å²) in [6.07, 6.45) is 1.90. The van der Waals surface area contributed by atoms with Gasteiger partial charge in [-0.05, 0) is 54.2 Å². The molecule has 0 N–H and O–H groups in total. The van der Waals surface area contributed by atoms with E-state index in [0.29, 0.717) is 19.2 Å². The Morgan fingerprint density at radius 3 is 2.47 bits per heavy atom. The van der Waals surface area contributed by atoms with Crippen molar-refractivity contribution in [2.24, 2.45) is 0 Å². The number of ether oxygens (including phenoxy) is 1. The molecule has 0 aromatic rings. The number of alkyl halides is 1. The third-order valence-corrected chi connectivity index (χ3v) is 4.30. The molecule has 0 aromatic carbocycles. The molecule has 1 atom stereocenters. The van der Waals surface area contributed by atoms with Gasteiger partial charge in [0, 0.05) is 4.83 Å². The second-order valence-corrected chi connectivity index (χ2v) is 7.51. The Morgan fingerprint density at radius 2 is 2.07 bits per heavy atom. The molecule has 0 fully saturated rings. The lowest BCUT2D eigenvalue weighted by Gasteiger charge is -2.06. The van der Waals surface area contributed by atoms with Crippen LogP contribution in [-0.2, 0) is 9.53 Å². The molecule has 0 saturated heterocycles. The van der Waals surface area contributed by atoms with Gasteiger partial charge in [0.25, 0.3) is 0 Å². The summed E-state index contributed by atoms with van der Waals surface area (Å²) in [5.41, 5.74) is 0.642. The van der Waals surface area contributed by atoms with E-state index in [1.807, 2.05) is 0 Å². The largest absolute Gasteiger partial charge is 0.420 e. The Hall–Kier alpha value is 0.870. The van der Waals surface area contributed by atoms with Crippen LogP contribution in [0.5, 0.6) is 0 Å². The normalized spacial score (nSPS) is 18.2. The molecule has 0 aromatic heterocycles. The van der Waals surface area contributed by atoms with E-state index >= 15 is 0 Å². The van der Waals surface area contributed by atoms with Crippen molar-refractivity contribution in [1.82, 2.24) is 0 Å². The topological polar surface area (TPSA) is 26.3 Å². The van der Waals surface area contributed by atoms with Crippen molar-refractivity contribution in [1.29, 1.82) is 0 Å². The molecule has 1 aliphatic heterocycles. The highest BCUT2D eigenvalue weighted by molar-refractivity contribution is 9.28. The van der Waals surface area contributed by atoms with Gasteiger partial charge in [-0.15, -0.1) is 0 Å². The molecular weight excluding hydrogens is 460 g/mol. The lowest BCUT2D eigenvalue weighted by Crippen LogP contribution is -2.10. The first kappa shape index (κ1) is 13.9. The van der Waals surface area contributed by atoms with E-state index < -0.39 is 0 Å². The lowest BCUT2D eigenvalue weighted by molar-refractivity contribution is -0.133. The summed E-state index contributed by atoms with van der Waals surface area (Å²) >= 11 is 13.3. The number of esters is 1. The van der Waals surface area contributed by atoms with Crippen LogP contribution in [0, 0.1) is 0 Å². The zero-order valence-corrected chi connectivity index (χ0v) is 14.2. The summed E-state index contributed by atoms with van der Waals surface area (Å²) in [4.78, 5) is 11.6. The first-order chi connectivity index (χ1) is 6.99. The number of carbonyl (C=O) groups excluding carboxylic acids is 1. The maximum Gasteiger partial charge on any atom is 0.341 e. The number of hydrogen-bond acceptors (Lipinski definition) is 2. The maximum absolute atomic E-state index is 11.6. The minimum absolute atomic E-state index is 0.0289. The van der Waals surface area contributed by atoms with Gasteiger partial charge >= 0.3 is 5.97 Å². The van der Waals surface area contributed by atoms with Crippen LogP contribution in [0.3, 0.4) is 0 Å². The molecule has 0 radical (unpaired) electrons. The Labute approximate surface area is 122 Å². The molecule has 84 valence electrons. The van der Waals surface area contributed by atoms with Crippen LogP contribution in [-0.4, -0.2) is 10.8 Å². The standard InChI is InChI=1S/C9H8Br4O2/c1-2-3-4(10)5-6(11)7(8(12)13)15-9(5)14/h4H,2-3H2,1H3. The second kappa shape index (κ2) is 5.98. The highest BCUT2D eigenvalue weighted by Crippen LogP contribution is 2.40. The van der Waals surface area contributed by atoms with E-state index in [2.05, 4.69) is 70.6 Å². The van der Waals surface area contributed by atoms with Crippen LogP contribution in [0.4, 0.5) is 0 Å². The zero-order chi connectivity index (χ0) is 11.6. The predicted octanol–water partition coefficient (Wildman–Crippen LogP) is 4.71. The monoisotopic (exact) mass is 464 g/mol. The van der Waals surface area contributed by atoms with Crippen LogP contribution < -0.4 is 0 Å². The molecule has 1 unspecified atom stereocenters. The molecule has 0 amide bonds. The molecule has 15 heavy (non-hydrogen) atoms. The highest BCUT2D eigenvalue weighted by Gasteiger charge is 2.33. The van der Waals surface area contributed by atoms with E-state index in [-0.39, 0.29) is 10.8 Å². The molecular formula is C9H8Br4O2. The van der Waals surface area contributed by atoms with Crippen LogP contribution >= 0.6 is 63.7 Å². The Morgan fingerprint density at radius 1 is 1.47 bits per heavy atom. The summed E-state index contributed by atoms with van der Waals surface area (Å²) in [6, 6.07) is 0. The van der Waals surface area contributed by atoms with Gasteiger partial charge in [-0.3, -0.25) is 0 Å². The van der Waals surface area contributed by atoms with Gasteiger partial charge < -0.3 is 4.74 Å². The van der Waals surface area contributed by atoms with Crippen LogP contribution in [0.25, 0.3) is 0 Å². The average molecular weight is 468 g/mol. The molecule has 6 heteroatoms. The van der Waals surface area contributed by atoms with Crippen molar-refractivity contribution in [3.8, 4) is 0 Å². The molecule has 0 saturated carbocycles. The minimum atomic E-state index is -0.302. The van der Waals surface area contributed by atoms with Gasteiger partial charge in [-0.25, -0.2) is 4.79 Å². The fourth-order valence-corrected chi connectivity index (χ4v) is 4.18. The zero-order valence-electron chi connectivity index (χ0n) is 7.82. The molecule has 0 spiro atoms. The number of rotatable bonds is 3. The van der Waals surface area contributed by atoms with E-state index in [1.54, 1.807) is 0 Å². The Kier molecular flexibility index (Phi) is 5.56. The van der Waals surface area contributed by atoms with Gasteiger partial charge in [-0.1, -0.05) is 29.3 Å². The first-order valence-electron chi connectivity index (χ1n) is 4.30. The first-order valence-corrected chi connectivity index (χ1v) is 7.60. The highest BCUT2D eigenvalue weighted by atomic mass is 79.9. The van der Waals surface area contributed by atoms with Crippen LogP contribution in [0.15, 0.2) is 19.2 Å². The number of carbonyl (C=O) groups is 1. The predicted molar refractivity (Wildman–Crippen MR) is 74.5 cm³/mol. The second-order valence-electron chi connectivity index (χ2n) is 2.96. The van der Waals surface area contributed by atoms with Gasteiger partial charge in [0.1, 0.15) is 3.39 Å². The third-order valence-electron chi connectivity index (χ3n) is 1.88. The molecule has 1 heterocycles. The molecule has 1 aliphatic rings. The van der Waals surface area contributed by atoms with Crippen molar-refractivity contribution in [2.45, 2.75) is 24.6 Å². The third kappa shape index (κ3) is 3.17. The molecule has 0 bridgehead atoms. The van der Waals surface area contributed by atoms with Gasteiger partial charge in [-0.2, -0.15) is 0 Å². The average Bonchev–Trinajstić information content (AvgIpc) is 2.42. The van der Waals surface area contributed by atoms with Gasteiger partial charge in [0.2, 0.25) is 0 Å². The quantitative estimate of drug-likeness (QED) is 0.444. The Balaban J connectivity index is 3.05. The van der Waals surface area contributed by atoms with Crippen LogP contribution in [0.1, 0.15) is 19.8 Å². The summed E-state index contributed by atoms with van der Waals surface area (Å²) in [5, 5.41) is 0. The molecule has 1 rings (SSSR count). The molecule has 0 aliphatic carbocycles. The maximum atomic E-state index is 11.6. The summed E-state index contributed by atoms with van der Waals surface area (Å²) in [5.74, 6) is 0.194. The Bertz CT molecular complexity index is 342. The van der Waals surface area contributed by atoms with Gasteiger partial charge in [0.15, 0.2) is 5.76 Å². The van der Waals surface area contributed by atoms with Crippen molar-refractivity contribution in [3.05, 3.63) is 19.2 Å². The summed E-state index contributed by atoms with van der Waals surface area (Å²) in [7, 11) is 0. The number of halogens is 4. The SMILES string of the molecule is CCCC(Br)C1=C(Br)C(=C(Br)Br)OC1=O. The van der Waals surface area contributed by atoms with E-state index in [0.717, 1.165) is 12.8 Å². The van der Waals surface area contributed by atoms with E-state index in [4.69, 9.17) is 4.74 Å². The van der Waals surface area contributed by atoms with Gasteiger partial charge in [0.05, 0.1) is 10.1 Å². The van der Waals surface area contributed by atoms with Crippen molar-refractivity contribution in [3.63, 3.8) is 0 Å². The fraction of sp³-hybridized carbons (Fsp3) is 0.444. The van der Waals surface area contributed by atoms with E-state index in [1.165, 1.54) is 0 Å². The van der Waals surface area contributed by atoms with Crippen molar-refractivity contribution >= 4 is 69.7 Å². The number of cyclic esters (lactones) is 1. The summed E-state index contributed by atoms with van der Waals surface area (Å²) < 4.78 is 6.44. The smallest absolute Gasteiger partial charge is 0.341 e. The number of allylic oxidation sites excluding steroid dienone is 1. The van der Waals surface area contributed by atoms with Crippen molar-refractivity contribution < 1.29 is 9.53 Å². The minimum Gasteiger partial charge on any atom is -0.420 e. The fourth-order valence-electron chi connectivity index (χ4n) is 1.19. The molecule has 2 nitrogen and oxygen atoms in total. The van der Waals surface area contributed by atoms with Crippen LogP contribution in [0.2, 0.25) is 0 Å². The van der Waals surface area contributed by atoms with E-state index in [9.17, 15) is 4.79 Å².